The van der Waals surface area contributed by atoms with Gasteiger partial charge in [0.15, 0.2) is 0 Å². The summed E-state index contributed by atoms with van der Waals surface area (Å²) in [6.07, 6.45) is 1.24. The van der Waals surface area contributed by atoms with Crippen molar-refractivity contribution in [2.45, 2.75) is 26.3 Å². The third-order valence-electron chi connectivity index (χ3n) is 3.70. The minimum absolute atomic E-state index is 0.705. The van der Waals surface area contributed by atoms with E-state index in [1.807, 2.05) is 0 Å². The number of hydrogen-bond acceptors (Lipinski definition) is 4. The van der Waals surface area contributed by atoms with E-state index >= 15 is 0 Å². The van der Waals surface area contributed by atoms with E-state index in [-0.39, 0.29) is 0 Å². The van der Waals surface area contributed by atoms with Crippen molar-refractivity contribution < 1.29 is 0 Å². The Balaban J connectivity index is 1.95. The molecular formula is C14H32N4. The molecule has 4 heteroatoms. The van der Waals surface area contributed by atoms with Crippen LogP contribution < -0.4 is 5.32 Å². The van der Waals surface area contributed by atoms with Gasteiger partial charge in [0, 0.05) is 45.3 Å². The molecule has 0 radical (unpaired) electrons. The van der Waals surface area contributed by atoms with Crippen LogP contribution in [-0.2, 0) is 0 Å². The molecule has 0 aromatic carbocycles. The maximum atomic E-state index is 3.54. The van der Waals surface area contributed by atoms with Crippen LogP contribution in [0.1, 0.15) is 20.3 Å². The van der Waals surface area contributed by atoms with Crippen molar-refractivity contribution in [3.05, 3.63) is 0 Å². The SMILES string of the molecule is CC(C)N1CCN(CCNCCCN(C)C)CC1. The first-order chi connectivity index (χ1) is 8.59. The highest BCUT2D eigenvalue weighted by Gasteiger charge is 2.17. The maximum absolute atomic E-state index is 3.54. The highest BCUT2D eigenvalue weighted by Crippen LogP contribution is 2.04. The summed E-state index contributed by atoms with van der Waals surface area (Å²) in [7, 11) is 4.27. The van der Waals surface area contributed by atoms with Crippen LogP contribution in [0.2, 0.25) is 0 Å². The molecule has 108 valence electrons. The molecule has 18 heavy (non-hydrogen) atoms. The predicted molar refractivity (Wildman–Crippen MR) is 79.2 cm³/mol. The van der Waals surface area contributed by atoms with Gasteiger partial charge in [-0.1, -0.05) is 0 Å². The molecule has 1 fully saturated rings. The minimum Gasteiger partial charge on any atom is -0.315 e. The fourth-order valence-electron chi connectivity index (χ4n) is 2.39. The van der Waals surface area contributed by atoms with E-state index in [2.05, 4.69) is 48.0 Å². The van der Waals surface area contributed by atoms with Gasteiger partial charge in [0.2, 0.25) is 0 Å². The number of piperazine rings is 1. The summed E-state index contributed by atoms with van der Waals surface area (Å²) in [5, 5.41) is 3.54. The molecule has 0 bridgehead atoms. The number of nitrogens with one attached hydrogen (secondary N) is 1. The Hall–Kier alpha value is -0.160. The molecule has 0 atom stereocenters. The number of hydrogen-bond donors (Lipinski definition) is 1. The van der Waals surface area contributed by atoms with Crippen LogP contribution in [0.25, 0.3) is 0 Å². The van der Waals surface area contributed by atoms with Gasteiger partial charge in [-0.2, -0.15) is 0 Å². The summed E-state index contributed by atoms with van der Waals surface area (Å²) in [4.78, 5) is 7.39. The van der Waals surface area contributed by atoms with Crippen molar-refractivity contribution in [1.29, 1.82) is 0 Å². The monoisotopic (exact) mass is 256 g/mol. The summed E-state index contributed by atoms with van der Waals surface area (Å²) in [6, 6.07) is 0.705. The van der Waals surface area contributed by atoms with E-state index in [9.17, 15) is 0 Å². The normalized spacial score (nSPS) is 19.0. The Kier molecular flexibility index (Phi) is 7.82. The Bertz CT molecular complexity index is 198. The van der Waals surface area contributed by atoms with Gasteiger partial charge in [-0.15, -0.1) is 0 Å². The molecule has 1 saturated heterocycles. The second-order valence-electron chi connectivity index (χ2n) is 5.88. The zero-order valence-corrected chi connectivity index (χ0v) is 12.8. The molecule has 1 aliphatic rings. The van der Waals surface area contributed by atoms with Gasteiger partial charge < -0.3 is 10.2 Å². The van der Waals surface area contributed by atoms with Crippen LogP contribution in [0.5, 0.6) is 0 Å². The Labute approximate surface area is 113 Å². The van der Waals surface area contributed by atoms with Gasteiger partial charge in [0.25, 0.3) is 0 Å². The molecule has 1 aliphatic heterocycles. The van der Waals surface area contributed by atoms with Crippen molar-refractivity contribution in [3.8, 4) is 0 Å². The average Bonchev–Trinajstić information content (AvgIpc) is 2.34. The molecule has 1 rings (SSSR count). The summed E-state index contributed by atoms with van der Waals surface area (Å²) in [5.74, 6) is 0. The third kappa shape index (κ3) is 6.69. The molecule has 0 aromatic heterocycles. The van der Waals surface area contributed by atoms with Gasteiger partial charge >= 0.3 is 0 Å². The Morgan fingerprint density at radius 3 is 2.28 bits per heavy atom. The summed E-state index contributed by atoms with van der Waals surface area (Å²) >= 11 is 0. The van der Waals surface area contributed by atoms with Gasteiger partial charge in [0.1, 0.15) is 0 Å². The highest BCUT2D eigenvalue weighted by molar-refractivity contribution is 4.74. The van der Waals surface area contributed by atoms with Crippen LogP contribution >= 0.6 is 0 Å². The number of rotatable bonds is 8. The van der Waals surface area contributed by atoms with Crippen molar-refractivity contribution in [1.82, 2.24) is 20.0 Å². The van der Waals surface area contributed by atoms with Gasteiger partial charge in [-0.25, -0.2) is 0 Å². The second kappa shape index (κ2) is 8.86. The highest BCUT2D eigenvalue weighted by atomic mass is 15.3. The van der Waals surface area contributed by atoms with E-state index in [0.29, 0.717) is 6.04 Å². The summed E-state index contributed by atoms with van der Waals surface area (Å²) < 4.78 is 0. The van der Waals surface area contributed by atoms with E-state index in [1.54, 1.807) is 0 Å². The maximum Gasteiger partial charge on any atom is 0.0113 e. The minimum atomic E-state index is 0.705. The lowest BCUT2D eigenvalue weighted by Gasteiger charge is -2.36. The molecule has 1 heterocycles. The zero-order valence-electron chi connectivity index (χ0n) is 12.8. The topological polar surface area (TPSA) is 21.8 Å². The van der Waals surface area contributed by atoms with Gasteiger partial charge in [0.05, 0.1) is 0 Å². The first kappa shape index (κ1) is 15.9. The van der Waals surface area contributed by atoms with Crippen LogP contribution in [0.15, 0.2) is 0 Å². The lowest BCUT2D eigenvalue weighted by molar-refractivity contribution is 0.109. The first-order valence-corrected chi connectivity index (χ1v) is 7.41. The van der Waals surface area contributed by atoms with E-state index in [0.717, 1.165) is 13.1 Å². The average molecular weight is 256 g/mol. The van der Waals surface area contributed by atoms with Crippen molar-refractivity contribution in [2.24, 2.45) is 0 Å². The fraction of sp³-hybridized carbons (Fsp3) is 1.00. The Morgan fingerprint density at radius 1 is 1.06 bits per heavy atom. The van der Waals surface area contributed by atoms with Crippen molar-refractivity contribution in [3.63, 3.8) is 0 Å². The van der Waals surface area contributed by atoms with Crippen LogP contribution in [0.4, 0.5) is 0 Å². The molecule has 0 amide bonds. The lowest BCUT2D eigenvalue weighted by Crippen LogP contribution is -2.50. The third-order valence-corrected chi connectivity index (χ3v) is 3.70. The Morgan fingerprint density at radius 2 is 1.72 bits per heavy atom. The molecule has 1 N–H and O–H groups in total. The standard InChI is InChI=1S/C14H32N4/c1-14(2)18-12-10-17(11-13-18)9-7-15-6-5-8-16(3)4/h14-15H,5-13H2,1-4H3. The smallest absolute Gasteiger partial charge is 0.0113 e. The quantitative estimate of drug-likeness (QED) is 0.640. The van der Waals surface area contributed by atoms with Gasteiger partial charge in [-0.05, 0) is 47.5 Å². The number of nitrogens with zero attached hydrogens (tertiary/aromatic N) is 3. The molecule has 0 aliphatic carbocycles. The molecule has 0 saturated carbocycles. The predicted octanol–water partition coefficient (Wildman–Crippen LogP) is 0.554. The van der Waals surface area contributed by atoms with Crippen LogP contribution in [0.3, 0.4) is 0 Å². The lowest BCUT2D eigenvalue weighted by atomic mass is 10.2. The van der Waals surface area contributed by atoms with Crippen molar-refractivity contribution in [2.75, 3.05) is 66.5 Å². The zero-order chi connectivity index (χ0) is 13.4. The van der Waals surface area contributed by atoms with Crippen molar-refractivity contribution >= 4 is 0 Å². The van der Waals surface area contributed by atoms with E-state index in [4.69, 9.17) is 0 Å². The van der Waals surface area contributed by atoms with E-state index in [1.165, 1.54) is 45.7 Å². The second-order valence-corrected chi connectivity index (χ2v) is 5.88. The molecule has 0 unspecified atom stereocenters. The van der Waals surface area contributed by atoms with Crippen LogP contribution in [-0.4, -0.2) is 87.2 Å². The summed E-state index contributed by atoms with van der Waals surface area (Å²) in [6.45, 7) is 14.2. The molecule has 0 aromatic rings. The first-order valence-electron chi connectivity index (χ1n) is 7.41. The van der Waals surface area contributed by atoms with Gasteiger partial charge in [-0.3, -0.25) is 9.80 Å². The fourth-order valence-corrected chi connectivity index (χ4v) is 2.39. The summed E-state index contributed by atoms with van der Waals surface area (Å²) in [5.41, 5.74) is 0. The molecule has 0 spiro atoms. The molecular weight excluding hydrogens is 224 g/mol. The van der Waals surface area contributed by atoms with E-state index < -0.39 is 0 Å². The molecule has 4 nitrogen and oxygen atoms in total. The van der Waals surface area contributed by atoms with Crippen LogP contribution in [0, 0.1) is 0 Å². The largest absolute Gasteiger partial charge is 0.315 e.